The van der Waals surface area contributed by atoms with E-state index in [0.29, 0.717) is 17.8 Å². The van der Waals surface area contributed by atoms with Crippen molar-refractivity contribution in [3.05, 3.63) is 42.2 Å². The number of benzene rings is 1. The molecule has 1 aromatic carbocycles. The third-order valence-corrected chi connectivity index (χ3v) is 5.39. The zero-order valence-corrected chi connectivity index (χ0v) is 13.4. The zero-order chi connectivity index (χ0) is 15.6. The van der Waals surface area contributed by atoms with E-state index in [1.165, 1.54) is 38.6 Å². The van der Waals surface area contributed by atoms with Crippen molar-refractivity contribution in [1.82, 2.24) is 15.3 Å². The molecule has 0 radical (unpaired) electrons. The molecule has 1 aliphatic carbocycles. The first-order chi connectivity index (χ1) is 11.3. The van der Waals surface area contributed by atoms with Crippen molar-refractivity contribution < 1.29 is 0 Å². The van der Waals surface area contributed by atoms with Crippen LogP contribution >= 0.6 is 0 Å². The van der Waals surface area contributed by atoms with E-state index in [-0.39, 0.29) is 0 Å². The minimum Gasteiger partial charge on any atom is -0.382 e. The lowest BCUT2D eigenvalue weighted by Gasteiger charge is -2.40. The number of fused-ring (bicyclic) bond motifs is 1. The van der Waals surface area contributed by atoms with Gasteiger partial charge in [0.25, 0.3) is 0 Å². The summed E-state index contributed by atoms with van der Waals surface area (Å²) in [7, 11) is 0. The topological polar surface area (TPSA) is 63.8 Å². The third kappa shape index (κ3) is 2.95. The molecule has 0 amide bonds. The Hall–Kier alpha value is -1.94. The van der Waals surface area contributed by atoms with Gasteiger partial charge in [0.05, 0.1) is 17.6 Å². The Bertz CT molecular complexity index is 670. The summed E-state index contributed by atoms with van der Waals surface area (Å²) >= 11 is 0. The number of nitrogens with two attached hydrogens (primary N) is 1. The molecule has 1 aliphatic heterocycles. The molecule has 0 spiro atoms. The number of nitrogens with one attached hydrogen (secondary N) is 1. The smallest absolute Gasteiger partial charge is 0.142 e. The lowest BCUT2D eigenvalue weighted by molar-refractivity contribution is 0.193. The van der Waals surface area contributed by atoms with E-state index in [2.05, 4.69) is 22.4 Å². The molecule has 2 aromatic rings. The molecule has 3 unspecified atom stereocenters. The van der Waals surface area contributed by atoms with Crippen molar-refractivity contribution in [2.75, 3.05) is 12.3 Å². The van der Waals surface area contributed by atoms with Gasteiger partial charge in [-0.05, 0) is 44.6 Å². The van der Waals surface area contributed by atoms with Crippen molar-refractivity contribution in [2.45, 2.75) is 44.1 Å². The van der Waals surface area contributed by atoms with Crippen LogP contribution in [-0.2, 0) is 0 Å². The van der Waals surface area contributed by atoms with Crippen LogP contribution in [0.5, 0.6) is 0 Å². The standard InChI is InChI=1S/C19H24N4/c20-17-12-22-18(19(23-17)13-5-2-1-3-6-13)15-8-9-16-14(11-15)7-4-10-21-16/h1-3,5-6,12,14-16,21H,4,7-11H2,(H2,20,23). The van der Waals surface area contributed by atoms with Gasteiger partial charge in [-0.25, -0.2) is 4.98 Å². The van der Waals surface area contributed by atoms with Crippen LogP contribution in [0.25, 0.3) is 11.3 Å². The number of hydrogen-bond donors (Lipinski definition) is 2. The molecule has 1 saturated carbocycles. The Kier molecular flexibility index (Phi) is 4.00. The van der Waals surface area contributed by atoms with Gasteiger partial charge in [-0.15, -0.1) is 0 Å². The molecule has 1 saturated heterocycles. The Labute approximate surface area is 137 Å². The predicted molar refractivity (Wildman–Crippen MR) is 93.0 cm³/mol. The predicted octanol–water partition coefficient (Wildman–Crippen LogP) is 3.36. The summed E-state index contributed by atoms with van der Waals surface area (Å²) in [6, 6.07) is 11.0. The fourth-order valence-electron chi connectivity index (χ4n) is 4.27. The van der Waals surface area contributed by atoms with E-state index < -0.39 is 0 Å². The number of anilines is 1. The average molecular weight is 308 g/mol. The van der Waals surface area contributed by atoms with Gasteiger partial charge in [0.1, 0.15) is 5.82 Å². The van der Waals surface area contributed by atoms with Gasteiger partial charge >= 0.3 is 0 Å². The number of piperidine rings is 1. The van der Waals surface area contributed by atoms with Gasteiger partial charge in [0, 0.05) is 17.5 Å². The van der Waals surface area contributed by atoms with Crippen LogP contribution in [0.4, 0.5) is 5.82 Å². The molecule has 4 nitrogen and oxygen atoms in total. The van der Waals surface area contributed by atoms with Crippen molar-refractivity contribution in [2.24, 2.45) is 5.92 Å². The Morgan fingerprint density at radius 1 is 1.09 bits per heavy atom. The monoisotopic (exact) mass is 308 g/mol. The van der Waals surface area contributed by atoms with Crippen molar-refractivity contribution >= 4 is 5.82 Å². The summed E-state index contributed by atoms with van der Waals surface area (Å²) in [5.74, 6) is 1.78. The van der Waals surface area contributed by atoms with Crippen LogP contribution in [0, 0.1) is 5.92 Å². The van der Waals surface area contributed by atoms with Crippen LogP contribution < -0.4 is 11.1 Å². The minimum absolute atomic E-state index is 0.499. The van der Waals surface area contributed by atoms with Gasteiger partial charge in [0.2, 0.25) is 0 Å². The van der Waals surface area contributed by atoms with Crippen LogP contribution in [0.2, 0.25) is 0 Å². The van der Waals surface area contributed by atoms with Gasteiger partial charge in [-0.1, -0.05) is 30.3 Å². The van der Waals surface area contributed by atoms with E-state index in [9.17, 15) is 0 Å². The van der Waals surface area contributed by atoms with Gasteiger partial charge in [0.15, 0.2) is 0 Å². The Balaban J connectivity index is 1.66. The van der Waals surface area contributed by atoms with Gasteiger partial charge < -0.3 is 11.1 Å². The maximum Gasteiger partial charge on any atom is 0.142 e. The van der Waals surface area contributed by atoms with Crippen LogP contribution in [0.15, 0.2) is 36.5 Å². The second-order valence-corrected chi connectivity index (χ2v) is 6.87. The third-order valence-electron chi connectivity index (χ3n) is 5.39. The van der Waals surface area contributed by atoms with E-state index in [0.717, 1.165) is 22.9 Å². The molecule has 3 atom stereocenters. The summed E-state index contributed by atoms with van der Waals surface area (Å²) in [5.41, 5.74) is 9.14. The molecule has 2 aliphatic rings. The van der Waals surface area contributed by atoms with Gasteiger partial charge in [-0.3, -0.25) is 4.98 Å². The first-order valence-electron chi connectivity index (χ1n) is 8.72. The lowest BCUT2D eigenvalue weighted by atomic mass is 9.73. The number of nitrogens with zero attached hydrogens (tertiary/aromatic N) is 2. The van der Waals surface area contributed by atoms with Gasteiger partial charge in [-0.2, -0.15) is 0 Å². The molecule has 4 heteroatoms. The van der Waals surface area contributed by atoms with Crippen molar-refractivity contribution in [3.8, 4) is 11.3 Å². The molecule has 3 N–H and O–H groups in total. The highest BCUT2D eigenvalue weighted by Crippen LogP contribution is 2.41. The summed E-state index contributed by atoms with van der Waals surface area (Å²) < 4.78 is 0. The van der Waals surface area contributed by atoms with Crippen molar-refractivity contribution in [3.63, 3.8) is 0 Å². The normalized spacial score (nSPS) is 27.4. The Morgan fingerprint density at radius 3 is 2.83 bits per heavy atom. The summed E-state index contributed by atoms with van der Waals surface area (Å²) in [5, 5.41) is 3.69. The first-order valence-corrected chi connectivity index (χ1v) is 8.72. The molecule has 120 valence electrons. The molecule has 1 aromatic heterocycles. The van der Waals surface area contributed by atoms with E-state index >= 15 is 0 Å². The number of aromatic nitrogens is 2. The minimum atomic E-state index is 0.499. The average Bonchev–Trinajstić information content (AvgIpc) is 2.62. The number of hydrogen-bond acceptors (Lipinski definition) is 4. The number of rotatable bonds is 2. The highest BCUT2D eigenvalue weighted by Gasteiger charge is 2.34. The molecule has 4 rings (SSSR count). The molecule has 23 heavy (non-hydrogen) atoms. The molecular formula is C19H24N4. The van der Waals surface area contributed by atoms with Crippen molar-refractivity contribution in [1.29, 1.82) is 0 Å². The zero-order valence-electron chi connectivity index (χ0n) is 13.4. The fraction of sp³-hybridized carbons (Fsp3) is 0.474. The quantitative estimate of drug-likeness (QED) is 0.893. The summed E-state index contributed by atoms with van der Waals surface area (Å²) in [6.07, 6.45) is 8.01. The Morgan fingerprint density at radius 2 is 1.96 bits per heavy atom. The largest absolute Gasteiger partial charge is 0.382 e. The second-order valence-electron chi connectivity index (χ2n) is 6.87. The molecule has 2 heterocycles. The summed E-state index contributed by atoms with van der Waals surface area (Å²) in [4.78, 5) is 9.33. The highest BCUT2D eigenvalue weighted by atomic mass is 14.9. The molecule has 2 fully saturated rings. The van der Waals surface area contributed by atoms with E-state index in [4.69, 9.17) is 10.7 Å². The lowest BCUT2D eigenvalue weighted by Crippen LogP contribution is -2.44. The summed E-state index contributed by atoms with van der Waals surface area (Å²) in [6.45, 7) is 1.18. The number of nitrogen functional groups attached to an aromatic ring is 1. The fourth-order valence-corrected chi connectivity index (χ4v) is 4.27. The molecule has 0 bridgehead atoms. The van der Waals surface area contributed by atoms with Crippen LogP contribution in [-0.4, -0.2) is 22.6 Å². The second kappa shape index (κ2) is 6.28. The van der Waals surface area contributed by atoms with Crippen LogP contribution in [0.1, 0.15) is 43.7 Å². The van der Waals surface area contributed by atoms with E-state index in [1.807, 2.05) is 18.2 Å². The maximum atomic E-state index is 5.92. The first kappa shape index (κ1) is 14.6. The molecular weight excluding hydrogens is 284 g/mol. The highest BCUT2D eigenvalue weighted by molar-refractivity contribution is 5.63. The maximum absolute atomic E-state index is 5.92. The van der Waals surface area contributed by atoms with Crippen LogP contribution in [0.3, 0.4) is 0 Å². The SMILES string of the molecule is Nc1cnc(C2CCC3NCCCC3C2)c(-c2ccccc2)n1. The van der Waals surface area contributed by atoms with E-state index in [1.54, 1.807) is 6.20 Å².